The van der Waals surface area contributed by atoms with Gasteiger partial charge in [-0.25, -0.2) is 15.0 Å². The van der Waals surface area contributed by atoms with Gasteiger partial charge in [-0.2, -0.15) is 0 Å². The number of imidazole rings is 1. The molecule has 3 aromatic heterocycles. The van der Waals surface area contributed by atoms with Gasteiger partial charge < -0.3 is 20.4 Å². The minimum Gasteiger partial charge on any atom is -0.373 e. The van der Waals surface area contributed by atoms with Gasteiger partial charge in [0.15, 0.2) is 5.65 Å². The van der Waals surface area contributed by atoms with Crippen molar-refractivity contribution in [2.45, 2.75) is 58.5 Å². The SMILES string of the molecule is CSc1cc(C2CCC(C)(C)CO2)ccc1Nc1cc(Nc2cnc(C)c(C)n2)nc2nc(C)[nH]c12. The van der Waals surface area contributed by atoms with Gasteiger partial charge >= 0.3 is 0 Å². The van der Waals surface area contributed by atoms with Crippen LogP contribution in [0.2, 0.25) is 0 Å². The summed E-state index contributed by atoms with van der Waals surface area (Å²) in [5, 5.41) is 6.91. The van der Waals surface area contributed by atoms with Crippen LogP contribution >= 0.6 is 11.8 Å². The molecule has 1 saturated heterocycles. The maximum Gasteiger partial charge on any atom is 0.181 e. The molecule has 1 aliphatic rings. The molecule has 188 valence electrons. The van der Waals surface area contributed by atoms with E-state index in [-0.39, 0.29) is 11.5 Å². The molecule has 0 spiro atoms. The van der Waals surface area contributed by atoms with Crippen molar-refractivity contribution in [3.63, 3.8) is 0 Å². The van der Waals surface area contributed by atoms with Crippen molar-refractivity contribution < 1.29 is 4.74 Å². The number of H-pyrrole nitrogens is 1. The number of aryl methyl sites for hydroxylation is 3. The lowest BCUT2D eigenvalue weighted by Crippen LogP contribution is -2.27. The molecule has 1 aromatic carbocycles. The molecule has 8 nitrogen and oxygen atoms in total. The standard InChI is InChI=1S/C27H33N7OS/c1-15-16(2)29-24(13-28-15)33-23-12-20(25-26(34-23)31-17(3)30-25)32-19-8-7-18(11-22(19)36-6)21-9-10-27(4,5)14-35-21/h7-8,11-13,21H,9-10,14H2,1-6H3,(H3,29,30,31,32,33,34). The second kappa shape index (κ2) is 9.71. The zero-order valence-electron chi connectivity index (χ0n) is 21.7. The number of ether oxygens (including phenoxy) is 1. The number of anilines is 4. The number of aromatic nitrogens is 5. The number of pyridine rings is 1. The number of rotatable bonds is 6. The fourth-order valence-corrected chi connectivity index (χ4v) is 5.02. The van der Waals surface area contributed by atoms with E-state index in [1.807, 2.05) is 26.8 Å². The molecule has 36 heavy (non-hydrogen) atoms. The van der Waals surface area contributed by atoms with Gasteiger partial charge in [-0.1, -0.05) is 19.9 Å². The van der Waals surface area contributed by atoms with Crippen LogP contribution in [-0.2, 0) is 4.74 Å². The Morgan fingerprint density at radius 1 is 1.00 bits per heavy atom. The van der Waals surface area contributed by atoms with E-state index in [1.54, 1.807) is 18.0 Å². The number of benzene rings is 1. The van der Waals surface area contributed by atoms with E-state index in [2.05, 4.69) is 68.9 Å². The Morgan fingerprint density at radius 2 is 1.83 bits per heavy atom. The van der Waals surface area contributed by atoms with Crippen molar-refractivity contribution in [3.8, 4) is 0 Å². The highest BCUT2D eigenvalue weighted by Crippen LogP contribution is 2.40. The Bertz CT molecular complexity index is 1410. The topological polar surface area (TPSA) is 101 Å². The number of hydrogen-bond acceptors (Lipinski definition) is 8. The fraction of sp³-hybridized carbons (Fsp3) is 0.407. The van der Waals surface area contributed by atoms with Gasteiger partial charge in [0.05, 0.1) is 41.7 Å². The van der Waals surface area contributed by atoms with Crippen molar-refractivity contribution in [3.05, 3.63) is 53.2 Å². The summed E-state index contributed by atoms with van der Waals surface area (Å²) in [4.78, 5) is 22.8. The first kappa shape index (κ1) is 24.5. The molecule has 0 amide bonds. The van der Waals surface area contributed by atoms with Gasteiger partial charge in [0.25, 0.3) is 0 Å². The third-order valence-electron chi connectivity index (χ3n) is 6.65. The van der Waals surface area contributed by atoms with Crippen LogP contribution < -0.4 is 10.6 Å². The average Bonchev–Trinajstić information content (AvgIpc) is 3.22. The van der Waals surface area contributed by atoms with Crippen LogP contribution in [0.3, 0.4) is 0 Å². The average molecular weight is 504 g/mol. The number of aromatic amines is 1. The molecule has 0 aliphatic carbocycles. The third kappa shape index (κ3) is 5.17. The van der Waals surface area contributed by atoms with Gasteiger partial charge in [0, 0.05) is 11.0 Å². The van der Waals surface area contributed by atoms with E-state index in [9.17, 15) is 0 Å². The molecule has 4 heterocycles. The van der Waals surface area contributed by atoms with E-state index in [0.29, 0.717) is 17.3 Å². The van der Waals surface area contributed by atoms with Crippen LogP contribution in [0.25, 0.3) is 11.2 Å². The monoisotopic (exact) mass is 503 g/mol. The highest BCUT2D eigenvalue weighted by Gasteiger charge is 2.28. The smallest absolute Gasteiger partial charge is 0.181 e. The number of thioether (sulfide) groups is 1. The van der Waals surface area contributed by atoms with E-state index >= 15 is 0 Å². The van der Waals surface area contributed by atoms with E-state index in [1.165, 1.54) is 12.0 Å². The van der Waals surface area contributed by atoms with Crippen LogP contribution in [0.5, 0.6) is 0 Å². The van der Waals surface area contributed by atoms with Crippen LogP contribution in [0.1, 0.15) is 55.6 Å². The molecule has 1 unspecified atom stereocenters. The zero-order valence-corrected chi connectivity index (χ0v) is 22.5. The quantitative estimate of drug-likeness (QED) is 0.248. The first-order valence-electron chi connectivity index (χ1n) is 12.2. The highest BCUT2D eigenvalue weighted by atomic mass is 32.2. The molecule has 9 heteroatoms. The second-order valence-electron chi connectivity index (χ2n) is 10.2. The largest absolute Gasteiger partial charge is 0.373 e. The summed E-state index contributed by atoms with van der Waals surface area (Å²) in [7, 11) is 0. The molecule has 0 saturated carbocycles. The molecule has 1 fully saturated rings. The first-order valence-corrected chi connectivity index (χ1v) is 13.4. The lowest BCUT2D eigenvalue weighted by Gasteiger charge is -2.35. The number of nitrogens with one attached hydrogen (secondary N) is 3. The summed E-state index contributed by atoms with van der Waals surface area (Å²) >= 11 is 1.72. The summed E-state index contributed by atoms with van der Waals surface area (Å²) < 4.78 is 6.21. The van der Waals surface area contributed by atoms with Crippen LogP contribution in [0, 0.1) is 26.2 Å². The van der Waals surface area contributed by atoms with Crippen molar-refractivity contribution in [1.29, 1.82) is 0 Å². The zero-order chi connectivity index (χ0) is 25.4. The predicted molar refractivity (Wildman–Crippen MR) is 147 cm³/mol. The lowest BCUT2D eigenvalue weighted by atomic mass is 9.84. The van der Waals surface area contributed by atoms with Crippen LogP contribution in [0.4, 0.5) is 23.0 Å². The Labute approximate surface area is 216 Å². The number of nitrogens with zero attached hydrogens (tertiary/aromatic N) is 4. The minimum atomic E-state index is 0.149. The third-order valence-corrected chi connectivity index (χ3v) is 7.43. The summed E-state index contributed by atoms with van der Waals surface area (Å²) in [5.74, 6) is 2.10. The Balaban J connectivity index is 1.45. The second-order valence-corrected chi connectivity index (χ2v) is 11.1. The molecule has 5 rings (SSSR count). The Hall–Kier alpha value is -3.17. The van der Waals surface area contributed by atoms with E-state index in [4.69, 9.17) is 9.72 Å². The molecule has 0 bridgehead atoms. The fourth-order valence-electron chi connectivity index (χ4n) is 4.42. The Morgan fingerprint density at radius 3 is 2.56 bits per heavy atom. The summed E-state index contributed by atoms with van der Waals surface area (Å²) in [6.07, 6.45) is 6.18. The molecule has 4 aromatic rings. The van der Waals surface area contributed by atoms with Crippen molar-refractivity contribution >= 4 is 45.9 Å². The number of hydrogen-bond donors (Lipinski definition) is 3. The van der Waals surface area contributed by atoms with Gasteiger partial charge in [0.1, 0.15) is 23.0 Å². The highest BCUT2D eigenvalue weighted by molar-refractivity contribution is 7.98. The summed E-state index contributed by atoms with van der Waals surface area (Å²) in [6, 6.07) is 8.53. The van der Waals surface area contributed by atoms with Crippen LogP contribution in [0.15, 0.2) is 35.4 Å². The maximum atomic E-state index is 6.21. The van der Waals surface area contributed by atoms with Crippen LogP contribution in [-0.4, -0.2) is 37.8 Å². The minimum absolute atomic E-state index is 0.149. The van der Waals surface area contributed by atoms with Gasteiger partial charge in [0.2, 0.25) is 0 Å². The molecular weight excluding hydrogens is 470 g/mol. The normalized spacial score (nSPS) is 17.3. The first-order chi connectivity index (χ1) is 17.2. The van der Waals surface area contributed by atoms with Crippen molar-refractivity contribution in [2.24, 2.45) is 5.41 Å². The molecule has 0 radical (unpaired) electrons. The van der Waals surface area contributed by atoms with E-state index < -0.39 is 0 Å². The van der Waals surface area contributed by atoms with Gasteiger partial charge in [-0.3, -0.25) is 4.98 Å². The Kier molecular flexibility index (Phi) is 6.61. The predicted octanol–water partition coefficient (Wildman–Crippen LogP) is 6.76. The van der Waals surface area contributed by atoms with Crippen molar-refractivity contribution in [1.82, 2.24) is 24.9 Å². The maximum absolute atomic E-state index is 6.21. The van der Waals surface area contributed by atoms with Gasteiger partial charge in [-0.05, 0) is 63.0 Å². The van der Waals surface area contributed by atoms with Crippen molar-refractivity contribution in [2.75, 3.05) is 23.5 Å². The van der Waals surface area contributed by atoms with E-state index in [0.717, 1.165) is 52.0 Å². The molecule has 3 N–H and O–H groups in total. The summed E-state index contributed by atoms with van der Waals surface area (Å²) in [5.41, 5.74) is 6.68. The number of fused-ring (bicyclic) bond motifs is 1. The lowest BCUT2D eigenvalue weighted by molar-refractivity contribution is -0.0498. The summed E-state index contributed by atoms with van der Waals surface area (Å²) in [6.45, 7) is 11.2. The molecule has 1 aliphatic heterocycles. The molecule has 1 atom stereocenters. The molecular formula is C27H33N7OS. The van der Waals surface area contributed by atoms with Gasteiger partial charge in [-0.15, -0.1) is 11.8 Å².